The fraction of sp³-hybridized carbons (Fsp3) is 0.318. The molecule has 0 saturated heterocycles. The minimum Gasteiger partial charge on any atom is -0.497 e. The Morgan fingerprint density at radius 2 is 1.83 bits per heavy atom. The topological polar surface area (TPSA) is 67.6 Å². The molecule has 3 rings (SSSR count). The molecule has 0 bridgehead atoms. The highest BCUT2D eigenvalue weighted by Gasteiger charge is 2.08. The smallest absolute Gasteiger partial charge is 0.193 e. The van der Waals surface area contributed by atoms with E-state index in [1.54, 1.807) is 14.2 Å². The van der Waals surface area contributed by atoms with Crippen LogP contribution >= 0.6 is 24.0 Å². The summed E-state index contributed by atoms with van der Waals surface area (Å²) in [6.07, 6.45) is 1.87. The lowest BCUT2D eigenvalue weighted by molar-refractivity contribution is 0.414. The summed E-state index contributed by atoms with van der Waals surface area (Å²) in [5, 5.41) is 7.87. The maximum atomic E-state index is 5.21. The molecule has 1 aromatic carbocycles. The van der Waals surface area contributed by atoms with Crippen molar-refractivity contribution >= 4 is 29.9 Å². The molecule has 0 amide bonds. The Balaban J connectivity index is 0.00000320. The predicted octanol–water partition coefficient (Wildman–Crippen LogP) is 3.72. The van der Waals surface area contributed by atoms with E-state index in [0.717, 1.165) is 41.0 Å². The lowest BCUT2D eigenvalue weighted by Gasteiger charge is -2.22. The first-order valence-electron chi connectivity index (χ1n) is 9.53. The number of aryl methyl sites for hydroxylation is 2. The Labute approximate surface area is 195 Å². The van der Waals surface area contributed by atoms with Gasteiger partial charge in [-0.15, -0.1) is 24.0 Å². The summed E-state index contributed by atoms with van der Waals surface area (Å²) in [7, 11) is 5.48. The van der Waals surface area contributed by atoms with Gasteiger partial charge in [-0.05, 0) is 49.2 Å². The average molecular weight is 520 g/mol. The molecule has 0 spiro atoms. The molecule has 0 aliphatic rings. The van der Waals surface area contributed by atoms with Crippen LogP contribution < -0.4 is 10.1 Å². The number of aromatic nitrogens is 3. The van der Waals surface area contributed by atoms with Crippen molar-refractivity contribution in [3.05, 3.63) is 71.2 Å². The zero-order valence-electron chi connectivity index (χ0n) is 18.1. The minimum atomic E-state index is 0. The van der Waals surface area contributed by atoms with Gasteiger partial charge >= 0.3 is 0 Å². The molecule has 7 nitrogen and oxygen atoms in total. The number of nitrogens with one attached hydrogen (secondary N) is 1. The third kappa shape index (κ3) is 5.94. The van der Waals surface area contributed by atoms with Crippen LogP contribution in [0.3, 0.4) is 0 Å². The van der Waals surface area contributed by atoms with E-state index in [1.807, 2.05) is 56.0 Å². The minimum absolute atomic E-state index is 0. The van der Waals surface area contributed by atoms with Crippen molar-refractivity contribution < 1.29 is 4.74 Å². The third-order valence-corrected chi connectivity index (χ3v) is 4.64. The summed E-state index contributed by atoms with van der Waals surface area (Å²) in [5.41, 5.74) is 4.32. The maximum Gasteiger partial charge on any atom is 0.193 e. The van der Waals surface area contributed by atoms with Crippen LogP contribution in [0.15, 0.2) is 53.7 Å². The van der Waals surface area contributed by atoms with Gasteiger partial charge in [0.1, 0.15) is 5.75 Å². The summed E-state index contributed by atoms with van der Waals surface area (Å²) in [6.45, 7) is 5.40. The molecule has 160 valence electrons. The lowest BCUT2D eigenvalue weighted by Crippen LogP contribution is -2.38. The summed E-state index contributed by atoms with van der Waals surface area (Å²) < 4.78 is 7.07. The Kier molecular flexibility index (Phi) is 8.64. The van der Waals surface area contributed by atoms with E-state index in [2.05, 4.69) is 43.5 Å². The van der Waals surface area contributed by atoms with Crippen LogP contribution in [0, 0.1) is 13.8 Å². The van der Waals surface area contributed by atoms with Gasteiger partial charge in [0.2, 0.25) is 0 Å². The predicted molar refractivity (Wildman–Crippen MR) is 131 cm³/mol. The van der Waals surface area contributed by atoms with Crippen LogP contribution in [0.2, 0.25) is 0 Å². The van der Waals surface area contributed by atoms with E-state index in [1.165, 1.54) is 5.56 Å². The number of methoxy groups -OCH3 is 1. The number of halogens is 1. The van der Waals surface area contributed by atoms with Crippen LogP contribution in [0.25, 0.3) is 5.82 Å². The van der Waals surface area contributed by atoms with Crippen molar-refractivity contribution in [2.75, 3.05) is 21.2 Å². The number of nitrogens with zero attached hydrogens (tertiary/aromatic N) is 5. The lowest BCUT2D eigenvalue weighted by atomic mass is 10.2. The van der Waals surface area contributed by atoms with Gasteiger partial charge in [0, 0.05) is 39.1 Å². The molecule has 2 heterocycles. The molecule has 1 N–H and O–H groups in total. The standard InChI is InChI=1S/C22H28N6O.HI/c1-16-12-17(2)28(26-16)21-11-8-19(13-24-21)14-25-22(23-3)27(4)15-18-6-9-20(29-5)10-7-18;/h6-13H,14-15H2,1-5H3,(H,23,25);1H. The molecule has 8 heteroatoms. The number of hydrogen-bond donors (Lipinski definition) is 1. The molecule has 0 unspecified atom stereocenters. The highest BCUT2D eigenvalue weighted by molar-refractivity contribution is 14.0. The molecule has 0 atom stereocenters. The van der Waals surface area contributed by atoms with Crippen molar-refractivity contribution in [1.82, 2.24) is 25.0 Å². The normalized spacial score (nSPS) is 11.0. The van der Waals surface area contributed by atoms with Crippen LogP contribution in [-0.4, -0.2) is 46.8 Å². The third-order valence-electron chi connectivity index (χ3n) is 4.64. The monoisotopic (exact) mass is 520 g/mol. The molecule has 0 aliphatic carbocycles. The number of ether oxygens (including phenoxy) is 1. The van der Waals surface area contributed by atoms with Gasteiger partial charge in [-0.25, -0.2) is 9.67 Å². The Morgan fingerprint density at radius 3 is 2.37 bits per heavy atom. The summed E-state index contributed by atoms with van der Waals surface area (Å²) in [4.78, 5) is 11.0. The van der Waals surface area contributed by atoms with E-state index < -0.39 is 0 Å². The van der Waals surface area contributed by atoms with E-state index >= 15 is 0 Å². The summed E-state index contributed by atoms with van der Waals surface area (Å²) >= 11 is 0. The van der Waals surface area contributed by atoms with Gasteiger partial charge in [0.05, 0.1) is 12.8 Å². The molecule has 3 aromatic rings. The molecular formula is C22H29IN6O. The average Bonchev–Trinajstić information content (AvgIpc) is 3.07. The number of rotatable bonds is 6. The number of pyridine rings is 1. The molecule has 2 aromatic heterocycles. The quantitative estimate of drug-likeness (QED) is 0.305. The fourth-order valence-electron chi connectivity index (χ4n) is 3.15. The Morgan fingerprint density at radius 1 is 1.13 bits per heavy atom. The SMILES string of the molecule is CN=C(NCc1ccc(-n2nc(C)cc2C)nc1)N(C)Cc1ccc(OC)cc1.I. The second kappa shape index (κ2) is 11.0. The molecule has 30 heavy (non-hydrogen) atoms. The second-order valence-corrected chi connectivity index (χ2v) is 6.97. The van der Waals surface area contributed by atoms with Crippen LogP contribution in [0.1, 0.15) is 22.5 Å². The summed E-state index contributed by atoms with van der Waals surface area (Å²) in [5.74, 6) is 2.50. The van der Waals surface area contributed by atoms with Crippen LogP contribution in [0.4, 0.5) is 0 Å². The fourth-order valence-corrected chi connectivity index (χ4v) is 3.15. The molecular weight excluding hydrogens is 491 g/mol. The van der Waals surface area contributed by atoms with Crippen LogP contribution in [-0.2, 0) is 13.1 Å². The Bertz CT molecular complexity index is 966. The van der Waals surface area contributed by atoms with Crippen molar-refractivity contribution in [3.63, 3.8) is 0 Å². The molecule has 0 aliphatic heterocycles. The molecule has 0 radical (unpaired) electrons. The summed E-state index contributed by atoms with van der Waals surface area (Å²) in [6, 6.07) is 14.1. The van der Waals surface area contributed by atoms with E-state index in [4.69, 9.17) is 4.74 Å². The van der Waals surface area contributed by atoms with E-state index in [-0.39, 0.29) is 24.0 Å². The van der Waals surface area contributed by atoms with Gasteiger partial charge in [0.15, 0.2) is 11.8 Å². The van der Waals surface area contributed by atoms with Gasteiger partial charge < -0.3 is 15.0 Å². The van der Waals surface area contributed by atoms with Gasteiger partial charge in [-0.3, -0.25) is 4.99 Å². The number of benzene rings is 1. The number of hydrogen-bond acceptors (Lipinski definition) is 4. The molecule has 0 fully saturated rings. The van der Waals surface area contributed by atoms with Crippen molar-refractivity contribution in [2.45, 2.75) is 26.9 Å². The van der Waals surface area contributed by atoms with E-state index in [0.29, 0.717) is 6.54 Å². The van der Waals surface area contributed by atoms with Crippen molar-refractivity contribution in [3.8, 4) is 11.6 Å². The van der Waals surface area contributed by atoms with Crippen molar-refractivity contribution in [1.29, 1.82) is 0 Å². The van der Waals surface area contributed by atoms with Gasteiger partial charge in [-0.1, -0.05) is 18.2 Å². The highest BCUT2D eigenvalue weighted by Crippen LogP contribution is 2.13. The number of aliphatic imine (C=N–C) groups is 1. The zero-order valence-corrected chi connectivity index (χ0v) is 20.4. The Hall–Kier alpha value is -2.62. The maximum absolute atomic E-state index is 5.21. The van der Waals surface area contributed by atoms with Crippen molar-refractivity contribution in [2.24, 2.45) is 4.99 Å². The first-order chi connectivity index (χ1) is 14.0. The highest BCUT2D eigenvalue weighted by atomic mass is 127. The first kappa shape index (κ1) is 23.7. The zero-order chi connectivity index (χ0) is 20.8. The second-order valence-electron chi connectivity index (χ2n) is 6.97. The number of guanidine groups is 1. The first-order valence-corrected chi connectivity index (χ1v) is 9.53. The largest absolute Gasteiger partial charge is 0.497 e. The van der Waals surface area contributed by atoms with Gasteiger partial charge in [-0.2, -0.15) is 5.10 Å². The van der Waals surface area contributed by atoms with Gasteiger partial charge in [0.25, 0.3) is 0 Å². The van der Waals surface area contributed by atoms with Crippen LogP contribution in [0.5, 0.6) is 5.75 Å². The van der Waals surface area contributed by atoms with E-state index in [9.17, 15) is 0 Å². The molecule has 0 saturated carbocycles.